The Balaban J connectivity index is 2.06. The minimum absolute atomic E-state index is 0.285. The molecule has 1 heterocycles. The highest BCUT2D eigenvalue weighted by Gasteiger charge is 2.36. The zero-order chi connectivity index (χ0) is 13.1. The second kappa shape index (κ2) is 5.80. The van der Waals surface area contributed by atoms with Crippen LogP contribution >= 0.6 is 0 Å². The van der Waals surface area contributed by atoms with Crippen molar-refractivity contribution in [1.82, 2.24) is 20.1 Å². The molecule has 18 heavy (non-hydrogen) atoms. The molecule has 0 amide bonds. The zero-order valence-corrected chi connectivity index (χ0v) is 11.8. The van der Waals surface area contributed by atoms with E-state index < -0.39 is 0 Å². The van der Waals surface area contributed by atoms with E-state index in [1.54, 1.807) is 13.4 Å². The van der Waals surface area contributed by atoms with Crippen molar-refractivity contribution in [3.8, 4) is 0 Å². The van der Waals surface area contributed by atoms with Crippen LogP contribution in [-0.4, -0.2) is 41.1 Å². The predicted octanol–water partition coefficient (Wildman–Crippen LogP) is 1.41. The van der Waals surface area contributed by atoms with Gasteiger partial charge in [0.25, 0.3) is 0 Å². The minimum atomic E-state index is 0.285. The van der Waals surface area contributed by atoms with E-state index in [0.717, 1.165) is 12.2 Å². The quantitative estimate of drug-likeness (QED) is 0.797. The van der Waals surface area contributed by atoms with Gasteiger partial charge in [-0.1, -0.05) is 0 Å². The van der Waals surface area contributed by atoms with E-state index in [0.29, 0.717) is 18.0 Å². The first-order valence-electron chi connectivity index (χ1n) is 6.75. The molecule has 0 saturated heterocycles. The average molecular weight is 252 g/mol. The summed E-state index contributed by atoms with van der Waals surface area (Å²) in [5, 5.41) is 7.66. The van der Waals surface area contributed by atoms with Gasteiger partial charge in [0, 0.05) is 25.6 Å². The van der Waals surface area contributed by atoms with Gasteiger partial charge in [-0.15, -0.1) is 0 Å². The third-order valence-electron chi connectivity index (χ3n) is 3.67. The van der Waals surface area contributed by atoms with Crippen LogP contribution in [0.15, 0.2) is 6.33 Å². The van der Waals surface area contributed by atoms with E-state index in [2.05, 4.69) is 29.2 Å². The van der Waals surface area contributed by atoms with Crippen molar-refractivity contribution in [1.29, 1.82) is 0 Å². The Morgan fingerprint density at radius 3 is 2.72 bits per heavy atom. The molecule has 2 unspecified atom stereocenters. The van der Waals surface area contributed by atoms with Crippen molar-refractivity contribution >= 4 is 0 Å². The highest BCUT2D eigenvalue weighted by Crippen LogP contribution is 2.36. The van der Waals surface area contributed by atoms with Gasteiger partial charge in [-0.2, -0.15) is 5.10 Å². The summed E-state index contributed by atoms with van der Waals surface area (Å²) in [7, 11) is 3.80. The Morgan fingerprint density at radius 1 is 1.50 bits per heavy atom. The van der Waals surface area contributed by atoms with Crippen molar-refractivity contribution < 1.29 is 4.74 Å². The molecule has 0 aliphatic heterocycles. The van der Waals surface area contributed by atoms with Crippen LogP contribution in [0.5, 0.6) is 0 Å². The van der Waals surface area contributed by atoms with Gasteiger partial charge >= 0.3 is 0 Å². The molecule has 0 radical (unpaired) electrons. The maximum Gasteiger partial charge on any atom is 0.138 e. The number of likely N-dealkylation sites (N-methyl/N-ethyl adjacent to an activating group) is 1. The number of hydrogen-bond donors (Lipinski definition) is 1. The molecule has 0 aromatic carbocycles. The molecular weight excluding hydrogens is 228 g/mol. The molecule has 5 nitrogen and oxygen atoms in total. The second-order valence-electron chi connectivity index (χ2n) is 5.35. The average Bonchev–Trinajstić information content (AvgIpc) is 3.06. The molecule has 1 aliphatic carbocycles. The number of methoxy groups -OCH3 is 1. The molecule has 2 rings (SSSR count). The third-order valence-corrected chi connectivity index (χ3v) is 3.67. The smallest absolute Gasteiger partial charge is 0.138 e. The van der Waals surface area contributed by atoms with Gasteiger partial charge < -0.3 is 10.1 Å². The van der Waals surface area contributed by atoms with Crippen LogP contribution < -0.4 is 5.32 Å². The first-order valence-corrected chi connectivity index (χ1v) is 6.75. The number of hydrogen-bond acceptors (Lipinski definition) is 4. The van der Waals surface area contributed by atoms with Crippen molar-refractivity contribution in [2.24, 2.45) is 5.92 Å². The van der Waals surface area contributed by atoms with Gasteiger partial charge in [0.15, 0.2) is 0 Å². The van der Waals surface area contributed by atoms with Gasteiger partial charge in [-0.05, 0) is 39.7 Å². The Bertz CT molecular complexity index is 373. The molecule has 2 atom stereocenters. The van der Waals surface area contributed by atoms with Gasteiger partial charge in [0.1, 0.15) is 12.2 Å². The molecule has 1 saturated carbocycles. The lowest BCUT2D eigenvalue weighted by Crippen LogP contribution is -2.42. The Hall–Kier alpha value is -0.940. The maximum absolute atomic E-state index is 5.66. The predicted molar refractivity (Wildman–Crippen MR) is 70.5 cm³/mol. The van der Waals surface area contributed by atoms with Crippen LogP contribution in [0, 0.1) is 5.92 Å². The molecule has 1 aromatic rings. The van der Waals surface area contributed by atoms with Gasteiger partial charge in [-0.25, -0.2) is 9.67 Å². The zero-order valence-electron chi connectivity index (χ0n) is 11.8. The number of ether oxygens (including phenoxy) is 1. The molecular formula is C13H24N4O. The normalized spacial score (nSPS) is 19.2. The molecule has 102 valence electrons. The summed E-state index contributed by atoms with van der Waals surface area (Å²) < 4.78 is 7.65. The molecule has 1 fully saturated rings. The number of nitrogens with one attached hydrogen (secondary N) is 1. The highest BCUT2D eigenvalue weighted by molar-refractivity contribution is 4.97. The van der Waals surface area contributed by atoms with Crippen LogP contribution in [0.4, 0.5) is 0 Å². The summed E-state index contributed by atoms with van der Waals surface area (Å²) in [4.78, 5) is 4.38. The Labute approximate surface area is 109 Å². The molecule has 1 aliphatic rings. The van der Waals surface area contributed by atoms with Crippen LogP contribution in [0.3, 0.4) is 0 Å². The van der Waals surface area contributed by atoms with Crippen molar-refractivity contribution in [2.45, 2.75) is 51.3 Å². The monoisotopic (exact) mass is 252 g/mol. The lowest BCUT2D eigenvalue weighted by molar-refractivity contribution is 0.0524. The molecule has 0 spiro atoms. The van der Waals surface area contributed by atoms with Crippen LogP contribution in [0.2, 0.25) is 0 Å². The van der Waals surface area contributed by atoms with Crippen LogP contribution in [-0.2, 0) is 11.2 Å². The van der Waals surface area contributed by atoms with E-state index in [1.807, 2.05) is 11.7 Å². The molecule has 1 aromatic heterocycles. The first kappa shape index (κ1) is 13.5. The second-order valence-corrected chi connectivity index (χ2v) is 5.35. The van der Waals surface area contributed by atoms with E-state index in [9.17, 15) is 0 Å². The highest BCUT2D eigenvalue weighted by atomic mass is 16.5. The summed E-state index contributed by atoms with van der Waals surface area (Å²) in [6, 6.07) is 0.658. The summed E-state index contributed by atoms with van der Waals surface area (Å²) in [5.74, 6) is 1.75. The largest absolute Gasteiger partial charge is 0.380 e. The van der Waals surface area contributed by atoms with Crippen LogP contribution in [0.1, 0.15) is 38.6 Å². The lowest BCUT2D eigenvalue weighted by Gasteiger charge is -2.25. The third kappa shape index (κ3) is 2.90. The summed E-state index contributed by atoms with van der Waals surface area (Å²) >= 11 is 0. The van der Waals surface area contributed by atoms with Crippen molar-refractivity contribution in [3.05, 3.63) is 12.2 Å². The van der Waals surface area contributed by atoms with Crippen LogP contribution in [0.25, 0.3) is 0 Å². The van der Waals surface area contributed by atoms with Gasteiger partial charge in [-0.3, -0.25) is 0 Å². The van der Waals surface area contributed by atoms with E-state index >= 15 is 0 Å². The fourth-order valence-corrected chi connectivity index (χ4v) is 2.54. The topological polar surface area (TPSA) is 52.0 Å². The Morgan fingerprint density at radius 2 is 2.22 bits per heavy atom. The summed E-state index contributed by atoms with van der Waals surface area (Å²) in [6.07, 6.45) is 5.36. The maximum atomic E-state index is 5.66. The van der Waals surface area contributed by atoms with E-state index in [4.69, 9.17) is 4.74 Å². The Kier molecular flexibility index (Phi) is 4.35. The standard InChI is InChI=1S/C13H24N4O/c1-9(2)17-12(15-8-16-17)7-11(14-3)13(18-4)10-5-6-10/h8-11,13-14H,5-7H2,1-4H3. The van der Waals surface area contributed by atoms with E-state index in [1.165, 1.54) is 12.8 Å². The number of rotatable bonds is 7. The van der Waals surface area contributed by atoms with Gasteiger partial charge in [0.2, 0.25) is 0 Å². The number of aromatic nitrogens is 3. The lowest BCUT2D eigenvalue weighted by atomic mass is 10.0. The summed E-state index contributed by atoms with van der Waals surface area (Å²) in [6.45, 7) is 4.25. The van der Waals surface area contributed by atoms with Crippen molar-refractivity contribution in [3.63, 3.8) is 0 Å². The van der Waals surface area contributed by atoms with Crippen molar-refractivity contribution in [2.75, 3.05) is 14.2 Å². The minimum Gasteiger partial charge on any atom is -0.380 e. The summed E-state index contributed by atoms with van der Waals surface area (Å²) in [5.41, 5.74) is 0. The fourth-order valence-electron chi connectivity index (χ4n) is 2.54. The molecule has 0 bridgehead atoms. The number of nitrogens with zero attached hydrogens (tertiary/aromatic N) is 3. The van der Waals surface area contributed by atoms with E-state index in [-0.39, 0.29) is 6.10 Å². The molecule has 1 N–H and O–H groups in total. The fraction of sp³-hybridized carbons (Fsp3) is 0.846. The SMILES string of the molecule is CNC(Cc1ncnn1C(C)C)C(OC)C1CC1. The van der Waals surface area contributed by atoms with Gasteiger partial charge in [0.05, 0.1) is 6.10 Å². The first-order chi connectivity index (χ1) is 8.67. The molecule has 5 heteroatoms.